The first-order chi connectivity index (χ1) is 12.9. The lowest BCUT2D eigenvalue weighted by Crippen LogP contribution is -2.41. The van der Waals surface area contributed by atoms with Gasteiger partial charge >= 0.3 is 0 Å². The average Bonchev–Trinajstić information content (AvgIpc) is 2.68. The van der Waals surface area contributed by atoms with Gasteiger partial charge in [-0.3, -0.25) is 9.59 Å². The molecule has 27 heavy (non-hydrogen) atoms. The van der Waals surface area contributed by atoms with Crippen LogP contribution in [0.3, 0.4) is 0 Å². The average molecular weight is 374 g/mol. The summed E-state index contributed by atoms with van der Waals surface area (Å²) in [7, 11) is 1.60. The Morgan fingerprint density at radius 1 is 1.22 bits per heavy atom. The van der Waals surface area contributed by atoms with Crippen molar-refractivity contribution in [2.45, 2.75) is 19.4 Å². The Hall–Kier alpha value is -2.96. The van der Waals surface area contributed by atoms with E-state index in [1.807, 2.05) is 6.07 Å². The molecule has 0 spiro atoms. The highest BCUT2D eigenvalue weighted by Crippen LogP contribution is 2.31. The molecule has 0 saturated carbocycles. The first kappa shape index (κ1) is 18.8. The summed E-state index contributed by atoms with van der Waals surface area (Å²) in [5.74, 6) is -1.69. The van der Waals surface area contributed by atoms with Crippen LogP contribution in [-0.4, -0.2) is 36.9 Å². The number of nitrogens with zero attached hydrogens (tertiary/aromatic N) is 2. The number of ether oxygens (including phenoxy) is 1. The van der Waals surface area contributed by atoms with Crippen LogP contribution in [0.1, 0.15) is 24.9 Å². The van der Waals surface area contributed by atoms with Gasteiger partial charge in [0.2, 0.25) is 5.91 Å². The minimum absolute atomic E-state index is 0.0632. The monoisotopic (exact) mass is 374 g/mol. The maximum Gasteiger partial charge on any atom is 0.265 e. The molecule has 1 aliphatic rings. The van der Waals surface area contributed by atoms with Crippen LogP contribution in [0.5, 0.6) is 5.75 Å². The maximum absolute atomic E-state index is 13.4. The first-order valence-corrected chi connectivity index (χ1v) is 8.61. The second-order valence-corrected chi connectivity index (χ2v) is 6.41. The normalized spacial score (nSPS) is 14.4. The fourth-order valence-electron chi connectivity index (χ4n) is 2.99. The molecule has 1 heterocycles. The van der Waals surface area contributed by atoms with E-state index in [-0.39, 0.29) is 31.4 Å². The van der Waals surface area contributed by atoms with E-state index in [2.05, 4.69) is 0 Å². The van der Waals surface area contributed by atoms with E-state index in [1.54, 1.807) is 32.2 Å². The summed E-state index contributed by atoms with van der Waals surface area (Å²) in [5, 5.41) is 0. The third kappa shape index (κ3) is 3.92. The largest absolute Gasteiger partial charge is 0.482 e. The fraction of sp³-hybridized carbons (Fsp3) is 0.300. The molecule has 0 radical (unpaired) electrons. The van der Waals surface area contributed by atoms with Gasteiger partial charge in [0, 0.05) is 20.0 Å². The van der Waals surface area contributed by atoms with Gasteiger partial charge in [0.25, 0.3) is 5.91 Å². The van der Waals surface area contributed by atoms with Crippen molar-refractivity contribution in [2.75, 3.05) is 25.1 Å². The third-order valence-corrected chi connectivity index (χ3v) is 4.76. The number of anilines is 1. The lowest BCUT2D eigenvalue weighted by atomic mass is 10.1. The van der Waals surface area contributed by atoms with Gasteiger partial charge in [0.15, 0.2) is 18.2 Å². The molecule has 142 valence electrons. The molecule has 7 heteroatoms. The molecule has 0 saturated heterocycles. The predicted molar refractivity (Wildman–Crippen MR) is 96.5 cm³/mol. The summed E-state index contributed by atoms with van der Waals surface area (Å²) in [6, 6.07) is 10.3. The van der Waals surface area contributed by atoms with Gasteiger partial charge in [0.05, 0.1) is 11.7 Å². The van der Waals surface area contributed by atoms with Crippen molar-refractivity contribution in [3.05, 3.63) is 59.7 Å². The van der Waals surface area contributed by atoms with Crippen molar-refractivity contribution in [3.63, 3.8) is 0 Å². The second-order valence-electron chi connectivity index (χ2n) is 6.41. The number of halogens is 2. The molecule has 2 amide bonds. The molecule has 0 aliphatic carbocycles. The molecule has 0 aromatic heterocycles. The summed E-state index contributed by atoms with van der Waals surface area (Å²) < 4.78 is 31.9. The number of carbonyl (C=O) groups excluding carboxylic acids is 2. The fourth-order valence-corrected chi connectivity index (χ4v) is 2.99. The predicted octanol–water partition coefficient (Wildman–Crippen LogP) is 3.30. The van der Waals surface area contributed by atoms with E-state index in [4.69, 9.17) is 4.74 Å². The van der Waals surface area contributed by atoms with Gasteiger partial charge in [-0.2, -0.15) is 0 Å². The van der Waals surface area contributed by atoms with Gasteiger partial charge in [-0.05, 0) is 36.8 Å². The zero-order valence-corrected chi connectivity index (χ0v) is 15.1. The molecular formula is C20H20F2N2O3. The van der Waals surface area contributed by atoms with Crippen LogP contribution in [0.4, 0.5) is 14.5 Å². The van der Waals surface area contributed by atoms with Gasteiger partial charge in [-0.1, -0.05) is 18.2 Å². The lowest BCUT2D eigenvalue weighted by Gasteiger charge is -2.30. The van der Waals surface area contributed by atoms with Gasteiger partial charge in [-0.15, -0.1) is 0 Å². The Balaban J connectivity index is 1.66. The number of carbonyl (C=O) groups is 2. The van der Waals surface area contributed by atoms with E-state index >= 15 is 0 Å². The van der Waals surface area contributed by atoms with Crippen LogP contribution in [0.15, 0.2) is 42.5 Å². The van der Waals surface area contributed by atoms with Crippen molar-refractivity contribution in [1.29, 1.82) is 0 Å². The van der Waals surface area contributed by atoms with Crippen LogP contribution in [0.25, 0.3) is 0 Å². The van der Waals surface area contributed by atoms with Crippen LogP contribution >= 0.6 is 0 Å². The highest BCUT2D eigenvalue weighted by Gasteiger charge is 2.26. The number of fused-ring (bicyclic) bond motifs is 1. The van der Waals surface area contributed by atoms with E-state index in [9.17, 15) is 18.4 Å². The molecule has 2 aromatic carbocycles. The maximum atomic E-state index is 13.4. The third-order valence-electron chi connectivity index (χ3n) is 4.76. The summed E-state index contributed by atoms with van der Waals surface area (Å²) in [6.07, 6.45) is 0.102. The molecule has 0 N–H and O–H groups in total. The molecule has 0 fully saturated rings. The minimum atomic E-state index is -0.948. The number of amides is 2. The Kier molecular flexibility index (Phi) is 5.39. The first-order valence-electron chi connectivity index (χ1n) is 8.61. The Morgan fingerprint density at radius 2 is 1.96 bits per heavy atom. The van der Waals surface area contributed by atoms with Crippen molar-refractivity contribution in [1.82, 2.24) is 4.90 Å². The number of hydrogen-bond acceptors (Lipinski definition) is 3. The molecule has 5 nitrogen and oxygen atoms in total. The van der Waals surface area contributed by atoms with Crippen LogP contribution in [-0.2, 0) is 9.59 Å². The lowest BCUT2D eigenvalue weighted by molar-refractivity contribution is -0.131. The smallest absolute Gasteiger partial charge is 0.265 e. The van der Waals surface area contributed by atoms with Crippen molar-refractivity contribution in [2.24, 2.45) is 0 Å². The molecule has 1 aliphatic heterocycles. The van der Waals surface area contributed by atoms with Crippen molar-refractivity contribution >= 4 is 17.5 Å². The molecule has 1 unspecified atom stereocenters. The number of rotatable bonds is 5. The Labute approximate surface area is 156 Å². The summed E-state index contributed by atoms with van der Waals surface area (Å²) >= 11 is 0. The van der Waals surface area contributed by atoms with Gasteiger partial charge in [0.1, 0.15) is 5.75 Å². The summed E-state index contributed by atoms with van der Waals surface area (Å²) in [6.45, 7) is 1.89. The number of para-hydroxylation sites is 2. The van der Waals surface area contributed by atoms with Crippen molar-refractivity contribution in [3.8, 4) is 5.75 Å². The summed E-state index contributed by atoms with van der Waals surface area (Å²) in [5.41, 5.74) is 1.13. The van der Waals surface area contributed by atoms with Gasteiger partial charge in [-0.25, -0.2) is 8.78 Å². The summed E-state index contributed by atoms with van der Waals surface area (Å²) in [4.78, 5) is 27.7. The van der Waals surface area contributed by atoms with Crippen LogP contribution in [0.2, 0.25) is 0 Å². The standard InChI is InChI=1S/C20H20F2N2O3/c1-13(14-7-8-15(21)16(22)11-14)23(2)19(25)9-10-24-17-5-3-4-6-18(17)27-12-20(24)26/h3-8,11,13H,9-10,12H2,1-2H3. The molecule has 1 atom stereocenters. The molecule has 0 bridgehead atoms. The molecular weight excluding hydrogens is 354 g/mol. The Bertz CT molecular complexity index is 872. The molecule has 2 aromatic rings. The van der Waals surface area contributed by atoms with E-state index < -0.39 is 17.7 Å². The topological polar surface area (TPSA) is 49.9 Å². The second kappa shape index (κ2) is 7.73. The molecule has 3 rings (SSSR count). The Morgan fingerprint density at radius 3 is 2.70 bits per heavy atom. The van der Waals surface area contributed by atoms with Crippen LogP contribution in [0, 0.1) is 11.6 Å². The van der Waals surface area contributed by atoms with E-state index in [0.717, 1.165) is 12.1 Å². The van der Waals surface area contributed by atoms with E-state index in [0.29, 0.717) is 17.0 Å². The highest BCUT2D eigenvalue weighted by atomic mass is 19.2. The number of hydrogen-bond donors (Lipinski definition) is 0. The number of benzene rings is 2. The van der Waals surface area contributed by atoms with Crippen molar-refractivity contribution < 1.29 is 23.1 Å². The SMILES string of the molecule is CC(c1ccc(F)c(F)c1)N(C)C(=O)CCN1C(=O)COc2ccccc21. The highest BCUT2D eigenvalue weighted by molar-refractivity contribution is 5.98. The van der Waals surface area contributed by atoms with Crippen LogP contribution < -0.4 is 9.64 Å². The zero-order valence-electron chi connectivity index (χ0n) is 15.1. The minimum Gasteiger partial charge on any atom is -0.482 e. The van der Waals surface area contributed by atoms with E-state index in [1.165, 1.54) is 15.9 Å². The zero-order chi connectivity index (χ0) is 19.6. The van der Waals surface area contributed by atoms with Gasteiger partial charge < -0.3 is 14.5 Å². The quantitative estimate of drug-likeness (QED) is 0.807.